The minimum atomic E-state index is -0.401. The highest BCUT2D eigenvalue weighted by Gasteiger charge is 2.21. The number of furan rings is 1. The zero-order valence-corrected chi connectivity index (χ0v) is 28.5. The molecule has 1 aromatic heterocycles. The molecular weight excluding hydrogens is 635 g/mol. The van der Waals surface area contributed by atoms with Gasteiger partial charge in [-0.25, -0.2) is 0 Å². The van der Waals surface area contributed by atoms with Crippen molar-refractivity contribution in [2.45, 2.75) is 12.7 Å². The summed E-state index contributed by atoms with van der Waals surface area (Å²) in [5.41, 5.74) is 9.29. The van der Waals surface area contributed by atoms with Crippen molar-refractivity contribution in [2.75, 3.05) is 0 Å². The number of aliphatic imine (C=N–C) groups is 2. The van der Waals surface area contributed by atoms with Gasteiger partial charge in [0.05, 0.1) is 6.54 Å². The molecule has 1 atom stereocenters. The van der Waals surface area contributed by atoms with Crippen molar-refractivity contribution >= 4 is 56.0 Å². The van der Waals surface area contributed by atoms with Crippen LogP contribution >= 0.6 is 0 Å². The van der Waals surface area contributed by atoms with E-state index in [9.17, 15) is 0 Å². The van der Waals surface area contributed by atoms with E-state index in [-0.39, 0.29) is 0 Å². The van der Waals surface area contributed by atoms with Gasteiger partial charge in [-0.2, -0.15) is 0 Å². The summed E-state index contributed by atoms with van der Waals surface area (Å²) < 4.78 is 6.58. The van der Waals surface area contributed by atoms with E-state index in [1.54, 1.807) is 0 Å². The normalized spacial score (nSPS) is 12.4. The Morgan fingerprint density at radius 3 is 1.98 bits per heavy atom. The average molecular weight is 670 g/mol. The van der Waals surface area contributed by atoms with E-state index in [0.29, 0.717) is 6.54 Å². The highest BCUT2D eigenvalue weighted by atomic mass is 16.3. The second-order valence-corrected chi connectivity index (χ2v) is 13.1. The fraction of sp³-hybridized carbons (Fsp3) is 0.0417. The molecular formula is C48H35N3O. The number of amidine groups is 1. The van der Waals surface area contributed by atoms with Gasteiger partial charge in [-0.15, -0.1) is 0 Å². The van der Waals surface area contributed by atoms with E-state index >= 15 is 0 Å². The molecule has 0 spiro atoms. The summed E-state index contributed by atoms with van der Waals surface area (Å²) in [5, 5.41) is 10.6. The quantitative estimate of drug-likeness (QED) is 0.0994. The molecule has 8 aromatic carbocycles. The van der Waals surface area contributed by atoms with Gasteiger partial charge in [-0.1, -0.05) is 158 Å². The van der Waals surface area contributed by atoms with E-state index < -0.39 is 6.17 Å². The molecule has 1 unspecified atom stereocenters. The first kappa shape index (κ1) is 31.2. The van der Waals surface area contributed by atoms with Gasteiger partial charge >= 0.3 is 0 Å². The Morgan fingerprint density at radius 2 is 1.19 bits per heavy atom. The molecule has 0 radical (unpaired) electrons. The highest BCUT2D eigenvalue weighted by molar-refractivity contribution is 6.22. The van der Waals surface area contributed by atoms with Crippen LogP contribution in [-0.2, 0) is 6.54 Å². The van der Waals surface area contributed by atoms with Crippen LogP contribution in [0.15, 0.2) is 190 Å². The smallest absolute Gasteiger partial charge is 0.145 e. The fourth-order valence-electron chi connectivity index (χ4n) is 7.29. The Bertz CT molecular complexity index is 2750. The lowest BCUT2D eigenvalue weighted by Gasteiger charge is -2.19. The molecule has 248 valence electrons. The zero-order valence-electron chi connectivity index (χ0n) is 28.5. The van der Waals surface area contributed by atoms with Gasteiger partial charge in [0.2, 0.25) is 0 Å². The first-order chi connectivity index (χ1) is 25.7. The number of benzene rings is 8. The predicted octanol–water partition coefficient (Wildman–Crippen LogP) is 12.2. The molecule has 1 N–H and O–H groups in total. The molecule has 9 aromatic rings. The molecule has 0 fully saturated rings. The third kappa shape index (κ3) is 5.80. The van der Waals surface area contributed by atoms with Gasteiger partial charge in [-0.3, -0.25) is 9.98 Å². The molecule has 9 rings (SSSR count). The van der Waals surface area contributed by atoms with Crippen LogP contribution in [0.2, 0.25) is 0 Å². The van der Waals surface area contributed by atoms with Crippen LogP contribution in [0.5, 0.6) is 0 Å². The van der Waals surface area contributed by atoms with Gasteiger partial charge in [0, 0.05) is 16.3 Å². The third-order valence-electron chi connectivity index (χ3n) is 9.89. The van der Waals surface area contributed by atoms with E-state index in [2.05, 4.69) is 157 Å². The van der Waals surface area contributed by atoms with E-state index in [0.717, 1.165) is 55.6 Å². The van der Waals surface area contributed by atoms with Crippen LogP contribution in [0.25, 0.3) is 65.7 Å². The standard InChI is InChI=1S/C48H35N3O/c1-49-47(37-15-6-3-7-16-37)51-48(50-31-32-22-24-34(25-23-32)33-12-4-2-5-13-33)41-19-11-21-44-46(41)45-40(18-10-20-43(45)52-44)38-29-28-36-27-26-35-14-8-9-17-39(35)42(36)30-38/h2-30,47H,1,31H2,(H,50,51). The summed E-state index contributed by atoms with van der Waals surface area (Å²) in [6, 6.07) is 61.4. The molecule has 0 bridgehead atoms. The monoisotopic (exact) mass is 669 g/mol. The maximum absolute atomic E-state index is 6.58. The van der Waals surface area contributed by atoms with E-state index in [1.165, 1.54) is 32.7 Å². The largest absolute Gasteiger partial charge is 0.456 e. The van der Waals surface area contributed by atoms with Crippen LogP contribution in [0, 0.1) is 0 Å². The Hall–Kier alpha value is -6.78. The lowest BCUT2D eigenvalue weighted by molar-refractivity contribution is 0.668. The number of nitrogens with one attached hydrogen (secondary N) is 1. The summed E-state index contributed by atoms with van der Waals surface area (Å²) in [7, 11) is 0. The molecule has 0 aliphatic rings. The Balaban J connectivity index is 1.20. The molecule has 52 heavy (non-hydrogen) atoms. The molecule has 0 saturated heterocycles. The van der Waals surface area contributed by atoms with Crippen molar-refractivity contribution < 1.29 is 4.42 Å². The first-order valence-electron chi connectivity index (χ1n) is 17.6. The molecule has 0 aliphatic heterocycles. The predicted molar refractivity (Wildman–Crippen MR) is 218 cm³/mol. The minimum absolute atomic E-state index is 0.401. The van der Waals surface area contributed by atoms with Crippen molar-refractivity contribution in [3.05, 3.63) is 193 Å². The fourth-order valence-corrected chi connectivity index (χ4v) is 7.29. The van der Waals surface area contributed by atoms with Crippen LogP contribution in [0.4, 0.5) is 0 Å². The van der Waals surface area contributed by atoms with Gasteiger partial charge in [0.1, 0.15) is 23.2 Å². The highest BCUT2D eigenvalue weighted by Crippen LogP contribution is 2.40. The van der Waals surface area contributed by atoms with Crippen molar-refractivity contribution in [3.63, 3.8) is 0 Å². The molecule has 0 amide bonds. The zero-order chi connectivity index (χ0) is 34.9. The number of nitrogens with zero attached hydrogens (tertiary/aromatic N) is 2. The van der Waals surface area contributed by atoms with Gasteiger partial charge in [-0.05, 0) is 79.8 Å². The minimum Gasteiger partial charge on any atom is -0.456 e. The summed E-state index contributed by atoms with van der Waals surface area (Å²) in [5.74, 6) is 0.723. The Kier molecular flexibility index (Phi) is 8.11. The van der Waals surface area contributed by atoms with E-state index in [1.807, 2.05) is 36.4 Å². The van der Waals surface area contributed by atoms with Gasteiger partial charge < -0.3 is 9.73 Å². The Labute approximate surface area is 302 Å². The lowest BCUT2D eigenvalue weighted by Crippen LogP contribution is -2.28. The molecule has 4 nitrogen and oxygen atoms in total. The number of hydrogen-bond donors (Lipinski definition) is 1. The third-order valence-corrected chi connectivity index (χ3v) is 9.89. The van der Waals surface area contributed by atoms with Gasteiger partial charge in [0.15, 0.2) is 0 Å². The Morgan fingerprint density at radius 1 is 0.558 bits per heavy atom. The van der Waals surface area contributed by atoms with Crippen molar-refractivity contribution in [1.82, 2.24) is 5.32 Å². The molecule has 0 aliphatic carbocycles. The molecule has 1 heterocycles. The number of hydrogen-bond acceptors (Lipinski definition) is 3. The van der Waals surface area contributed by atoms with Crippen LogP contribution in [0.1, 0.15) is 22.9 Å². The maximum atomic E-state index is 6.58. The number of rotatable bonds is 8. The topological polar surface area (TPSA) is 49.9 Å². The SMILES string of the molecule is C=NC(N/C(=N\Cc1ccc(-c2ccccc2)cc1)c1cccc2oc3cccc(-c4ccc5ccc6ccccc6c5c4)c3c12)c1ccccc1. The second-order valence-electron chi connectivity index (χ2n) is 13.1. The van der Waals surface area contributed by atoms with E-state index in [4.69, 9.17) is 9.41 Å². The van der Waals surface area contributed by atoms with Crippen molar-refractivity contribution in [1.29, 1.82) is 0 Å². The first-order valence-corrected chi connectivity index (χ1v) is 17.6. The summed E-state index contributed by atoms with van der Waals surface area (Å²) >= 11 is 0. The summed E-state index contributed by atoms with van der Waals surface area (Å²) in [4.78, 5) is 9.78. The number of fused-ring (bicyclic) bond motifs is 6. The maximum Gasteiger partial charge on any atom is 0.145 e. The second kappa shape index (κ2) is 13.5. The lowest BCUT2D eigenvalue weighted by atomic mass is 9.94. The summed E-state index contributed by atoms with van der Waals surface area (Å²) in [6.45, 7) is 4.44. The average Bonchev–Trinajstić information content (AvgIpc) is 3.61. The van der Waals surface area contributed by atoms with Crippen LogP contribution in [0.3, 0.4) is 0 Å². The van der Waals surface area contributed by atoms with Gasteiger partial charge in [0.25, 0.3) is 0 Å². The summed E-state index contributed by atoms with van der Waals surface area (Å²) in [6.07, 6.45) is -0.401. The molecule has 4 heteroatoms. The van der Waals surface area contributed by atoms with Crippen molar-refractivity contribution in [3.8, 4) is 22.3 Å². The van der Waals surface area contributed by atoms with Crippen LogP contribution in [-0.4, -0.2) is 12.6 Å². The van der Waals surface area contributed by atoms with Crippen LogP contribution < -0.4 is 5.32 Å². The molecule has 0 saturated carbocycles. The van der Waals surface area contributed by atoms with Crippen molar-refractivity contribution in [2.24, 2.45) is 9.98 Å².